The molecular formula is C19H19IN4O2. The summed E-state index contributed by atoms with van der Waals surface area (Å²) >= 11 is 2.16. The van der Waals surface area contributed by atoms with Crippen molar-refractivity contribution in [3.63, 3.8) is 0 Å². The molecule has 0 bridgehead atoms. The van der Waals surface area contributed by atoms with Gasteiger partial charge in [0.1, 0.15) is 0 Å². The number of amides is 1. The molecule has 1 aliphatic rings. The van der Waals surface area contributed by atoms with Gasteiger partial charge in [0, 0.05) is 16.7 Å². The van der Waals surface area contributed by atoms with E-state index in [9.17, 15) is 9.59 Å². The van der Waals surface area contributed by atoms with Crippen LogP contribution < -0.4 is 15.9 Å². The first kappa shape index (κ1) is 17.1. The number of anilines is 2. The minimum Gasteiger partial charge on any atom is -0.370 e. The van der Waals surface area contributed by atoms with Crippen LogP contribution in [-0.4, -0.2) is 29.0 Å². The van der Waals surface area contributed by atoms with E-state index in [-0.39, 0.29) is 11.6 Å². The van der Waals surface area contributed by atoms with Crippen LogP contribution in [0, 0.1) is 3.57 Å². The van der Waals surface area contributed by atoms with Gasteiger partial charge in [-0.3, -0.25) is 4.79 Å². The molecule has 0 spiro atoms. The summed E-state index contributed by atoms with van der Waals surface area (Å²) in [4.78, 5) is 32.3. The molecule has 1 amide bonds. The number of nitrogens with one attached hydrogen (secondary N) is 3. The van der Waals surface area contributed by atoms with Crippen LogP contribution in [0.3, 0.4) is 0 Å². The maximum Gasteiger partial charge on any atom is 0.323 e. The van der Waals surface area contributed by atoms with Crippen molar-refractivity contribution in [2.45, 2.75) is 19.3 Å². The average molecular weight is 462 g/mol. The zero-order valence-corrected chi connectivity index (χ0v) is 16.3. The largest absolute Gasteiger partial charge is 0.370 e. The Bertz CT molecular complexity index is 1020. The molecular weight excluding hydrogens is 443 g/mol. The normalized spacial score (nSPS) is 14.6. The maximum absolute atomic E-state index is 12.8. The fourth-order valence-electron chi connectivity index (χ4n) is 3.40. The van der Waals surface area contributed by atoms with E-state index in [1.807, 2.05) is 36.4 Å². The lowest BCUT2D eigenvalue weighted by Crippen LogP contribution is -2.30. The molecule has 4 rings (SSSR count). The standard InChI is InChI=1S/C19H19IN4O2/c20-13-7-3-2-6-12(13)18(25)21-16-10-14-15(23-19(26)22-14)11-17(16)24-8-4-1-5-9-24/h2-3,6-7,10-11H,1,4-5,8-9H2,(H,21,25)(H2,22,23,26). The third-order valence-corrected chi connectivity index (χ3v) is 5.64. The van der Waals surface area contributed by atoms with Gasteiger partial charge >= 0.3 is 5.69 Å². The van der Waals surface area contributed by atoms with Crippen molar-refractivity contribution >= 4 is 50.9 Å². The highest BCUT2D eigenvalue weighted by Crippen LogP contribution is 2.32. The molecule has 1 saturated heterocycles. The van der Waals surface area contributed by atoms with Crippen LogP contribution in [0.5, 0.6) is 0 Å². The van der Waals surface area contributed by atoms with Crippen molar-refractivity contribution < 1.29 is 4.79 Å². The molecule has 7 heteroatoms. The maximum atomic E-state index is 12.8. The number of hydrogen-bond donors (Lipinski definition) is 3. The van der Waals surface area contributed by atoms with Crippen LogP contribution in [0.1, 0.15) is 29.6 Å². The van der Waals surface area contributed by atoms with Crippen molar-refractivity contribution in [3.05, 3.63) is 56.0 Å². The molecule has 3 aromatic rings. The fourth-order valence-corrected chi connectivity index (χ4v) is 4.03. The molecule has 2 aromatic carbocycles. The third kappa shape index (κ3) is 3.35. The monoisotopic (exact) mass is 462 g/mol. The molecule has 26 heavy (non-hydrogen) atoms. The Hall–Kier alpha value is -2.29. The molecule has 0 unspecified atom stereocenters. The topological polar surface area (TPSA) is 81.0 Å². The summed E-state index contributed by atoms with van der Waals surface area (Å²) in [6.45, 7) is 1.90. The van der Waals surface area contributed by atoms with Crippen molar-refractivity contribution in [1.29, 1.82) is 0 Å². The highest BCUT2D eigenvalue weighted by Gasteiger charge is 2.19. The van der Waals surface area contributed by atoms with E-state index in [1.54, 1.807) is 0 Å². The van der Waals surface area contributed by atoms with E-state index in [1.165, 1.54) is 6.42 Å². The number of H-pyrrole nitrogens is 2. The van der Waals surface area contributed by atoms with E-state index in [2.05, 4.69) is 42.8 Å². The second-order valence-corrected chi connectivity index (χ2v) is 7.64. The first-order valence-electron chi connectivity index (χ1n) is 8.69. The molecule has 1 fully saturated rings. The van der Waals surface area contributed by atoms with Gasteiger partial charge in [0.2, 0.25) is 0 Å². The van der Waals surface area contributed by atoms with Gasteiger partial charge in [-0.15, -0.1) is 0 Å². The van der Waals surface area contributed by atoms with E-state index in [4.69, 9.17) is 0 Å². The lowest BCUT2D eigenvalue weighted by atomic mass is 10.1. The predicted octanol–water partition coefficient (Wildman–Crippen LogP) is 3.70. The van der Waals surface area contributed by atoms with Crippen LogP contribution in [0.25, 0.3) is 11.0 Å². The number of nitrogens with zero attached hydrogens (tertiary/aromatic N) is 1. The van der Waals surface area contributed by atoms with Gasteiger partial charge in [0.15, 0.2) is 0 Å². The summed E-state index contributed by atoms with van der Waals surface area (Å²) < 4.78 is 0.901. The molecule has 6 nitrogen and oxygen atoms in total. The molecule has 0 aliphatic carbocycles. The van der Waals surface area contributed by atoms with Crippen molar-refractivity contribution in [2.75, 3.05) is 23.3 Å². The van der Waals surface area contributed by atoms with E-state index in [0.717, 1.165) is 46.4 Å². The minimum atomic E-state index is -0.245. The quantitative estimate of drug-likeness (QED) is 0.520. The number of aromatic nitrogens is 2. The Morgan fingerprint density at radius 2 is 1.73 bits per heavy atom. The minimum absolute atomic E-state index is 0.148. The highest BCUT2D eigenvalue weighted by molar-refractivity contribution is 14.1. The van der Waals surface area contributed by atoms with Gasteiger partial charge in [-0.2, -0.15) is 0 Å². The molecule has 2 heterocycles. The Labute approximate surface area is 164 Å². The number of carbonyl (C=O) groups excluding carboxylic acids is 1. The predicted molar refractivity (Wildman–Crippen MR) is 112 cm³/mol. The number of imidazole rings is 1. The number of rotatable bonds is 3. The molecule has 0 radical (unpaired) electrons. The smallest absolute Gasteiger partial charge is 0.323 e. The van der Waals surface area contributed by atoms with Crippen molar-refractivity contribution in [3.8, 4) is 0 Å². The molecule has 3 N–H and O–H groups in total. The van der Waals surface area contributed by atoms with Gasteiger partial charge in [-0.05, 0) is 66.1 Å². The number of piperidine rings is 1. The van der Waals surface area contributed by atoms with Crippen molar-refractivity contribution in [2.24, 2.45) is 0 Å². The second-order valence-electron chi connectivity index (χ2n) is 6.48. The number of hydrogen-bond acceptors (Lipinski definition) is 3. The fraction of sp³-hybridized carbons (Fsp3) is 0.263. The average Bonchev–Trinajstić information content (AvgIpc) is 3.01. The zero-order valence-electron chi connectivity index (χ0n) is 14.1. The van der Waals surface area contributed by atoms with Crippen LogP contribution in [-0.2, 0) is 0 Å². The van der Waals surface area contributed by atoms with E-state index >= 15 is 0 Å². The Kier molecular flexibility index (Phi) is 4.71. The summed E-state index contributed by atoms with van der Waals surface area (Å²) in [5, 5.41) is 3.05. The Morgan fingerprint density at radius 3 is 2.46 bits per heavy atom. The summed E-state index contributed by atoms with van der Waals surface area (Å²) in [5.41, 5.74) is 3.51. The SMILES string of the molecule is O=C(Nc1cc2[nH]c(=O)[nH]c2cc1N1CCCCC1)c1ccccc1I. The number of aromatic amines is 2. The van der Waals surface area contributed by atoms with Gasteiger partial charge in [-0.1, -0.05) is 12.1 Å². The van der Waals surface area contributed by atoms with Gasteiger partial charge in [0.05, 0.1) is 28.0 Å². The van der Waals surface area contributed by atoms with E-state index in [0.29, 0.717) is 11.1 Å². The first-order chi connectivity index (χ1) is 12.6. The number of fused-ring (bicyclic) bond motifs is 1. The molecule has 0 atom stereocenters. The molecule has 0 saturated carbocycles. The van der Waals surface area contributed by atoms with Crippen LogP contribution in [0.4, 0.5) is 11.4 Å². The van der Waals surface area contributed by atoms with Crippen LogP contribution >= 0.6 is 22.6 Å². The Morgan fingerprint density at radius 1 is 1.04 bits per heavy atom. The van der Waals surface area contributed by atoms with Gasteiger partial charge < -0.3 is 20.2 Å². The zero-order chi connectivity index (χ0) is 18.1. The summed E-state index contributed by atoms with van der Waals surface area (Å²) in [7, 11) is 0. The van der Waals surface area contributed by atoms with Gasteiger partial charge in [0.25, 0.3) is 5.91 Å². The summed E-state index contributed by atoms with van der Waals surface area (Å²) in [5.74, 6) is -0.148. The number of halogens is 1. The van der Waals surface area contributed by atoms with E-state index < -0.39 is 0 Å². The summed E-state index contributed by atoms with van der Waals surface area (Å²) in [6.07, 6.45) is 3.49. The Balaban J connectivity index is 1.75. The number of carbonyl (C=O) groups is 1. The summed E-state index contributed by atoms with van der Waals surface area (Å²) in [6, 6.07) is 11.3. The molecule has 1 aliphatic heterocycles. The van der Waals surface area contributed by atoms with Crippen LogP contribution in [0.2, 0.25) is 0 Å². The third-order valence-electron chi connectivity index (χ3n) is 4.70. The highest BCUT2D eigenvalue weighted by atomic mass is 127. The second kappa shape index (κ2) is 7.14. The first-order valence-corrected chi connectivity index (χ1v) is 9.76. The molecule has 134 valence electrons. The lowest BCUT2D eigenvalue weighted by Gasteiger charge is -2.30. The van der Waals surface area contributed by atoms with Gasteiger partial charge in [-0.25, -0.2) is 4.79 Å². The lowest BCUT2D eigenvalue weighted by molar-refractivity contribution is 0.102. The van der Waals surface area contributed by atoms with Crippen LogP contribution in [0.15, 0.2) is 41.2 Å². The molecule has 1 aromatic heterocycles. The number of benzene rings is 2. The van der Waals surface area contributed by atoms with Crippen molar-refractivity contribution in [1.82, 2.24) is 9.97 Å².